The topological polar surface area (TPSA) is 101 Å². The van der Waals surface area contributed by atoms with Crippen LogP contribution in [-0.4, -0.2) is 23.8 Å². The van der Waals surface area contributed by atoms with Gasteiger partial charge < -0.3 is 10.6 Å². The second-order valence-electron chi connectivity index (χ2n) is 4.92. The highest BCUT2D eigenvalue weighted by atomic mass is 35.5. The van der Waals surface area contributed by atoms with Crippen molar-refractivity contribution in [2.45, 2.75) is 6.42 Å². The SMILES string of the molecule is CNC(=O)Cc1ccc(NC(=O)c2ccc([N+](=O)[O-])cc2Cl)cc1. The minimum absolute atomic E-state index is 0.00191. The zero-order chi connectivity index (χ0) is 17.7. The molecule has 2 amide bonds. The molecule has 0 atom stereocenters. The summed E-state index contributed by atoms with van der Waals surface area (Å²) < 4.78 is 0. The van der Waals surface area contributed by atoms with E-state index in [1.54, 1.807) is 31.3 Å². The Hall–Kier alpha value is -2.93. The molecule has 0 bridgehead atoms. The second-order valence-corrected chi connectivity index (χ2v) is 5.33. The van der Waals surface area contributed by atoms with Gasteiger partial charge >= 0.3 is 0 Å². The Bertz CT molecular complexity index is 790. The van der Waals surface area contributed by atoms with Crippen molar-refractivity contribution in [1.29, 1.82) is 0 Å². The summed E-state index contributed by atoms with van der Waals surface area (Å²) in [7, 11) is 1.56. The first-order chi connectivity index (χ1) is 11.4. The summed E-state index contributed by atoms with van der Waals surface area (Å²) in [6, 6.07) is 10.4. The van der Waals surface area contributed by atoms with E-state index in [1.165, 1.54) is 12.1 Å². The number of carbonyl (C=O) groups excluding carboxylic acids is 2. The van der Waals surface area contributed by atoms with Gasteiger partial charge in [0.25, 0.3) is 11.6 Å². The van der Waals surface area contributed by atoms with E-state index in [9.17, 15) is 19.7 Å². The summed E-state index contributed by atoms with van der Waals surface area (Å²) in [5.41, 5.74) is 1.28. The lowest BCUT2D eigenvalue weighted by Crippen LogP contribution is -2.19. The number of amides is 2. The highest BCUT2D eigenvalue weighted by Gasteiger charge is 2.15. The molecular weight excluding hydrogens is 334 g/mol. The summed E-state index contributed by atoms with van der Waals surface area (Å²) in [4.78, 5) is 33.6. The van der Waals surface area contributed by atoms with E-state index in [-0.39, 0.29) is 28.6 Å². The Kier molecular flexibility index (Phi) is 5.49. The molecule has 2 N–H and O–H groups in total. The number of non-ortho nitro benzene ring substituents is 1. The molecule has 0 heterocycles. The Morgan fingerprint density at radius 1 is 1.17 bits per heavy atom. The summed E-state index contributed by atoms with van der Waals surface area (Å²) in [5, 5.41) is 15.8. The average molecular weight is 348 g/mol. The maximum Gasteiger partial charge on any atom is 0.270 e. The molecular formula is C16H14ClN3O4. The number of anilines is 1. The third kappa shape index (κ3) is 4.30. The molecule has 2 rings (SSSR count). The van der Waals surface area contributed by atoms with Crippen molar-refractivity contribution < 1.29 is 14.5 Å². The van der Waals surface area contributed by atoms with Crippen molar-refractivity contribution in [2.75, 3.05) is 12.4 Å². The summed E-state index contributed by atoms with van der Waals surface area (Å²) >= 11 is 5.92. The molecule has 0 saturated carbocycles. The zero-order valence-electron chi connectivity index (χ0n) is 12.7. The molecule has 0 unspecified atom stereocenters. The van der Waals surface area contributed by atoms with Crippen molar-refractivity contribution in [2.24, 2.45) is 0 Å². The Morgan fingerprint density at radius 2 is 1.83 bits per heavy atom. The predicted molar refractivity (Wildman–Crippen MR) is 90.3 cm³/mol. The van der Waals surface area contributed by atoms with Gasteiger partial charge in [0.1, 0.15) is 0 Å². The van der Waals surface area contributed by atoms with Crippen LogP contribution in [-0.2, 0) is 11.2 Å². The summed E-state index contributed by atoms with van der Waals surface area (Å²) in [6.45, 7) is 0. The van der Waals surface area contributed by atoms with Crippen LogP contribution in [0.1, 0.15) is 15.9 Å². The highest BCUT2D eigenvalue weighted by Crippen LogP contribution is 2.23. The molecule has 2 aromatic carbocycles. The lowest BCUT2D eigenvalue weighted by atomic mass is 10.1. The standard InChI is InChI=1S/C16H14ClN3O4/c1-18-15(21)8-10-2-4-11(5-3-10)19-16(22)13-7-6-12(20(23)24)9-14(13)17/h2-7,9H,8H2,1H3,(H,18,21)(H,19,22). The fourth-order valence-electron chi connectivity index (χ4n) is 1.98. The van der Waals surface area contributed by atoms with E-state index >= 15 is 0 Å². The number of rotatable bonds is 5. The molecule has 24 heavy (non-hydrogen) atoms. The highest BCUT2D eigenvalue weighted by molar-refractivity contribution is 6.34. The first kappa shape index (κ1) is 17.4. The Morgan fingerprint density at radius 3 is 2.38 bits per heavy atom. The van der Waals surface area contributed by atoms with Crippen molar-refractivity contribution in [1.82, 2.24) is 5.32 Å². The number of hydrogen-bond acceptors (Lipinski definition) is 4. The van der Waals surface area contributed by atoms with Crippen LogP contribution < -0.4 is 10.6 Å². The average Bonchev–Trinajstić information content (AvgIpc) is 2.56. The normalized spacial score (nSPS) is 10.1. The smallest absolute Gasteiger partial charge is 0.270 e. The van der Waals surface area contributed by atoms with Gasteiger partial charge in [-0.1, -0.05) is 23.7 Å². The number of nitro benzene ring substituents is 1. The van der Waals surface area contributed by atoms with Crippen LogP contribution in [0.15, 0.2) is 42.5 Å². The fraction of sp³-hybridized carbons (Fsp3) is 0.125. The van der Waals surface area contributed by atoms with Gasteiger partial charge in [-0.15, -0.1) is 0 Å². The lowest BCUT2D eigenvalue weighted by Gasteiger charge is -2.08. The monoisotopic (exact) mass is 347 g/mol. The number of nitrogens with zero attached hydrogens (tertiary/aromatic N) is 1. The van der Waals surface area contributed by atoms with Gasteiger partial charge in [-0.2, -0.15) is 0 Å². The van der Waals surface area contributed by atoms with E-state index in [2.05, 4.69) is 10.6 Å². The van der Waals surface area contributed by atoms with E-state index in [1.807, 2.05) is 0 Å². The molecule has 0 fully saturated rings. The van der Waals surface area contributed by atoms with Crippen LogP contribution in [0, 0.1) is 10.1 Å². The van der Waals surface area contributed by atoms with E-state index in [0.717, 1.165) is 11.6 Å². The molecule has 2 aromatic rings. The van der Waals surface area contributed by atoms with E-state index in [0.29, 0.717) is 5.69 Å². The van der Waals surface area contributed by atoms with Gasteiger partial charge in [0.2, 0.25) is 5.91 Å². The number of nitro groups is 1. The number of likely N-dealkylation sites (N-methyl/N-ethyl adjacent to an activating group) is 1. The molecule has 0 saturated heterocycles. The fourth-order valence-corrected chi connectivity index (χ4v) is 2.24. The third-order valence-electron chi connectivity index (χ3n) is 3.26. The minimum Gasteiger partial charge on any atom is -0.359 e. The van der Waals surface area contributed by atoms with Crippen LogP contribution in [0.2, 0.25) is 5.02 Å². The van der Waals surface area contributed by atoms with Crippen LogP contribution in [0.4, 0.5) is 11.4 Å². The second kappa shape index (κ2) is 7.56. The molecule has 0 aliphatic heterocycles. The van der Waals surface area contributed by atoms with Crippen LogP contribution in [0.5, 0.6) is 0 Å². The first-order valence-corrected chi connectivity index (χ1v) is 7.33. The molecule has 0 aromatic heterocycles. The molecule has 0 aliphatic carbocycles. The molecule has 0 radical (unpaired) electrons. The third-order valence-corrected chi connectivity index (χ3v) is 3.58. The van der Waals surface area contributed by atoms with Gasteiger partial charge in [0.05, 0.1) is 21.9 Å². The van der Waals surface area contributed by atoms with Gasteiger partial charge in [-0.3, -0.25) is 19.7 Å². The minimum atomic E-state index is -0.585. The van der Waals surface area contributed by atoms with Crippen molar-refractivity contribution in [3.05, 3.63) is 68.7 Å². The van der Waals surface area contributed by atoms with Crippen molar-refractivity contribution >= 4 is 34.8 Å². The van der Waals surface area contributed by atoms with Gasteiger partial charge in [-0.25, -0.2) is 0 Å². The maximum atomic E-state index is 12.2. The first-order valence-electron chi connectivity index (χ1n) is 6.95. The predicted octanol–water partition coefficient (Wildman–Crippen LogP) is 2.79. The maximum absolute atomic E-state index is 12.2. The number of hydrogen-bond donors (Lipinski definition) is 2. The van der Waals surface area contributed by atoms with Crippen LogP contribution in [0.25, 0.3) is 0 Å². The summed E-state index contributed by atoms with van der Waals surface area (Å²) in [5.74, 6) is -0.585. The Balaban J connectivity index is 2.09. The number of benzene rings is 2. The number of carbonyl (C=O) groups is 2. The van der Waals surface area contributed by atoms with Gasteiger partial charge in [0.15, 0.2) is 0 Å². The van der Waals surface area contributed by atoms with Gasteiger partial charge in [-0.05, 0) is 23.8 Å². The largest absolute Gasteiger partial charge is 0.359 e. The van der Waals surface area contributed by atoms with E-state index < -0.39 is 10.8 Å². The van der Waals surface area contributed by atoms with Crippen LogP contribution in [0.3, 0.4) is 0 Å². The van der Waals surface area contributed by atoms with Crippen LogP contribution >= 0.6 is 11.6 Å². The zero-order valence-corrected chi connectivity index (χ0v) is 13.5. The molecule has 0 aliphatic rings. The van der Waals surface area contributed by atoms with Crippen molar-refractivity contribution in [3.63, 3.8) is 0 Å². The summed E-state index contributed by atoms with van der Waals surface area (Å²) in [6.07, 6.45) is 0.249. The molecule has 7 nitrogen and oxygen atoms in total. The quantitative estimate of drug-likeness (QED) is 0.641. The molecule has 124 valence electrons. The van der Waals surface area contributed by atoms with Crippen molar-refractivity contribution in [3.8, 4) is 0 Å². The molecule has 0 spiro atoms. The molecule has 8 heteroatoms. The van der Waals surface area contributed by atoms with E-state index in [4.69, 9.17) is 11.6 Å². The number of nitrogens with one attached hydrogen (secondary N) is 2. The van der Waals surface area contributed by atoms with Gasteiger partial charge in [0, 0.05) is 24.9 Å². The number of halogens is 1. The Labute approximate surface area is 142 Å². The lowest BCUT2D eigenvalue weighted by molar-refractivity contribution is -0.384.